The number of fused-ring (bicyclic) bond motifs is 1. The van der Waals surface area contributed by atoms with Gasteiger partial charge in [-0.3, -0.25) is 19.7 Å². The Balaban J connectivity index is 1.49. The van der Waals surface area contributed by atoms with E-state index in [1.807, 2.05) is 6.92 Å². The first-order valence-corrected chi connectivity index (χ1v) is 13.5. The molecule has 0 unspecified atom stereocenters. The van der Waals surface area contributed by atoms with Gasteiger partial charge < -0.3 is 22.1 Å². The van der Waals surface area contributed by atoms with Crippen LogP contribution in [0.4, 0.5) is 38.1 Å². The minimum absolute atomic E-state index is 0.0136. The normalized spacial score (nSPS) is 17.8. The molecule has 0 saturated carbocycles. The predicted octanol–water partition coefficient (Wildman–Crippen LogP) is 3.18. The molecule has 240 valence electrons. The Morgan fingerprint density at radius 2 is 1.73 bits per heavy atom. The van der Waals surface area contributed by atoms with Gasteiger partial charge in [0.2, 0.25) is 11.8 Å². The monoisotopic (exact) mass is 639 g/mol. The molecule has 2 atom stereocenters. The third kappa shape index (κ3) is 5.29. The van der Waals surface area contributed by atoms with E-state index >= 15 is 0 Å². The molecule has 0 aliphatic carbocycles. The van der Waals surface area contributed by atoms with Gasteiger partial charge in [-0.25, -0.2) is 4.98 Å². The number of nitrogen functional groups attached to an aromatic ring is 2. The zero-order valence-corrected chi connectivity index (χ0v) is 23.7. The van der Waals surface area contributed by atoms with E-state index < -0.39 is 35.3 Å². The van der Waals surface area contributed by atoms with Gasteiger partial charge in [-0.15, -0.1) is 5.10 Å². The minimum Gasteiger partial charge on any atom is -0.383 e. The average Bonchev–Trinajstić information content (AvgIpc) is 3.68. The second-order valence-corrected chi connectivity index (χ2v) is 10.8. The summed E-state index contributed by atoms with van der Waals surface area (Å²) in [5, 5.41) is 10.3. The molecule has 0 spiro atoms. The van der Waals surface area contributed by atoms with Gasteiger partial charge >= 0.3 is 12.4 Å². The Morgan fingerprint density at radius 3 is 2.29 bits per heavy atom. The summed E-state index contributed by atoms with van der Waals surface area (Å²) < 4.78 is 81.8. The molecule has 5 rings (SSSR count). The van der Waals surface area contributed by atoms with Crippen LogP contribution in [0, 0.1) is 0 Å². The molecule has 1 fully saturated rings. The van der Waals surface area contributed by atoms with Crippen LogP contribution in [-0.2, 0) is 12.0 Å². The first kappa shape index (κ1) is 31.6. The van der Waals surface area contributed by atoms with Gasteiger partial charge in [0.1, 0.15) is 5.82 Å². The van der Waals surface area contributed by atoms with E-state index in [4.69, 9.17) is 17.2 Å². The number of pyridine rings is 1. The van der Waals surface area contributed by atoms with Crippen LogP contribution in [-0.4, -0.2) is 75.8 Å². The maximum atomic E-state index is 13.4. The van der Waals surface area contributed by atoms with Gasteiger partial charge in [0.15, 0.2) is 11.4 Å². The van der Waals surface area contributed by atoms with E-state index in [1.165, 1.54) is 13.1 Å². The number of aromatic amines is 1. The molecule has 19 heteroatoms. The summed E-state index contributed by atoms with van der Waals surface area (Å²) in [6.07, 6.45) is -7.81. The number of nitrogens with one attached hydrogen (secondary N) is 1. The van der Waals surface area contributed by atoms with Crippen LogP contribution in [0.3, 0.4) is 0 Å². The Bertz CT molecular complexity index is 1750. The molecule has 7 N–H and O–H groups in total. The maximum Gasteiger partial charge on any atom is 0.421 e. The largest absolute Gasteiger partial charge is 0.421 e. The van der Waals surface area contributed by atoms with Crippen LogP contribution in [0.2, 0.25) is 0 Å². The zero-order chi connectivity index (χ0) is 33.1. The number of alkyl halides is 6. The lowest BCUT2D eigenvalue weighted by Gasteiger charge is -2.32. The van der Waals surface area contributed by atoms with Gasteiger partial charge in [0.05, 0.1) is 23.1 Å². The molecule has 1 amide bonds. The summed E-state index contributed by atoms with van der Waals surface area (Å²) in [5.41, 5.74) is 11.2. The van der Waals surface area contributed by atoms with Crippen molar-refractivity contribution in [2.45, 2.75) is 69.5 Å². The van der Waals surface area contributed by atoms with Gasteiger partial charge in [0.25, 0.3) is 11.4 Å². The van der Waals surface area contributed by atoms with E-state index in [1.54, 1.807) is 4.90 Å². The molecule has 1 aliphatic rings. The van der Waals surface area contributed by atoms with Crippen molar-refractivity contribution in [3.8, 4) is 11.1 Å². The van der Waals surface area contributed by atoms with E-state index in [-0.39, 0.29) is 64.1 Å². The number of ketones is 1. The standard InChI is InChI=1S/C26H27F6N11O2/c1-11-3-5-14(42(11)22(45)20-39-23(34)41-40-20)6-7-16-18(12(2)44)19(33)43-21(38-16)15(10-37-43)13-4-8-17(36-9-13)24(35,25(27,28)29)26(30,31)32/h4,8-11,14H,3,5-7,33,35H2,1-2H3,(H3,34,39,40,41)/t11-,14-/m1/s1. The summed E-state index contributed by atoms with van der Waals surface area (Å²) in [6, 6.07) is 1.12. The fourth-order valence-corrected chi connectivity index (χ4v) is 5.59. The zero-order valence-electron chi connectivity index (χ0n) is 23.7. The van der Waals surface area contributed by atoms with Gasteiger partial charge in [0, 0.05) is 29.4 Å². The number of amides is 1. The van der Waals surface area contributed by atoms with E-state index in [0.29, 0.717) is 25.3 Å². The number of halogens is 6. The summed E-state index contributed by atoms with van der Waals surface area (Å²) >= 11 is 0. The smallest absolute Gasteiger partial charge is 0.383 e. The maximum absolute atomic E-state index is 13.4. The third-order valence-corrected chi connectivity index (χ3v) is 7.92. The number of aryl methyl sites for hydroxylation is 1. The Morgan fingerprint density at radius 1 is 1.04 bits per heavy atom. The number of rotatable bonds is 7. The fourth-order valence-electron chi connectivity index (χ4n) is 5.59. The highest BCUT2D eigenvalue weighted by molar-refractivity contribution is 6.00. The minimum atomic E-state index is -5.88. The lowest BCUT2D eigenvalue weighted by Crippen LogP contribution is -2.61. The van der Waals surface area contributed by atoms with E-state index in [9.17, 15) is 35.9 Å². The lowest BCUT2D eigenvalue weighted by molar-refractivity contribution is -0.303. The van der Waals surface area contributed by atoms with Crippen molar-refractivity contribution in [1.82, 2.24) is 39.7 Å². The number of anilines is 2. The van der Waals surface area contributed by atoms with Gasteiger partial charge in [-0.2, -0.15) is 40.9 Å². The number of carbonyl (C=O) groups is 2. The molecule has 1 saturated heterocycles. The molecule has 0 bridgehead atoms. The third-order valence-electron chi connectivity index (χ3n) is 7.92. The highest BCUT2D eigenvalue weighted by Crippen LogP contribution is 2.47. The van der Waals surface area contributed by atoms with Gasteiger partial charge in [-0.1, -0.05) is 6.07 Å². The second-order valence-electron chi connectivity index (χ2n) is 10.8. The summed E-state index contributed by atoms with van der Waals surface area (Å²) in [7, 11) is 0. The van der Waals surface area contributed by atoms with E-state index in [0.717, 1.165) is 16.8 Å². The van der Waals surface area contributed by atoms with Crippen molar-refractivity contribution in [3.63, 3.8) is 0 Å². The number of Topliss-reactive ketones (excluding diaryl/α,β-unsaturated/α-hetero) is 1. The number of hydrogen-bond donors (Lipinski definition) is 4. The van der Waals surface area contributed by atoms with Crippen molar-refractivity contribution in [3.05, 3.63) is 47.3 Å². The second kappa shape index (κ2) is 11.0. The highest BCUT2D eigenvalue weighted by Gasteiger charge is 2.70. The van der Waals surface area contributed by atoms with Crippen LogP contribution in [0.15, 0.2) is 24.5 Å². The molecule has 1 aliphatic heterocycles. The molecule has 5 heterocycles. The topological polar surface area (TPSA) is 200 Å². The number of likely N-dealkylation sites (tertiary alicyclic amines) is 1. The molecule has 4 aromatic heterocycles. The summed E-state index contributed by atoms with van der Waals surface area (Å²) in [5.74, 6) is -0.970. The number of aromatic nitrogens is 7. The number of H-pyrrole nitrogens is 1. The first-order valence-electron chi connectivity index (χ1n) is 13.5. The fraction of sp³-hybridized carbons (Fsp3) is 0.423. The number of nitrogens with zero attached hydrogens (tertiary/aromatic N) is 7. The first-order chi connectivity index (χ1) is 21.0. The SMILES string of the molecule is CC(=O)c1c(CC[C@H]2CC[C@@H](C)N2C(=O)c2nc(N)n[nH]2)nc2c(-c3ccc(C(N)(C(F)(F)F)C(F)(F)F)nc3)cnn2c1N. The molecule has 0 radical (unpaired) electrons. The van der Waals surface area contributed by atoms with Crippen LogP contribution >= 0.6 is 0 Å². The summed E-state index contributed by atoms with van der Waals surface area (Å²) in [4.78, 5) is 39.4. The molecule has 4 aromatic rings. The van der Waals surface area contributed by atoms with Crippen molar-refractivity contribution < 1.29 is 35.9 Å². The summed E-state index contributed by atoms with van der Waals surface area (Å²) in [6.45, 7) is 3.18. The van der Waals surface area contributed by atoms with Crippen molar-refractivity contribution in [2.24, 2.45) is 5.73 Å². The predicted molar refractivity (Wildman–Crippen MR) is 146 cm³/mol. The quantitative estimate of drug-likeness (QED) is 0.172. The van der Waals surface area contributed by atoms with E-state index in [2.05, 4.69) is 30.2 Å². The Kier molecular flexibility index (Phi) is 7.70. The molecular formula is C26H27F6N11O2. The molecular weight excluding hydrogens is 612 g/mol. The van der Waals surface area contributed by atoms with Crippen molar-refractivity contribution in [1.29, 1.82) is 0 Å². The molecule has 13 nitrogen and oxygen atoms in total. The van der Waals surface area contributed by atoms with Crippen LogP contribution in [0.25, 0.3) is 16.8 Å². The van der Waals surface area contributed by atoms with Crippen LogP contribution < -0.4 is 17.2 Å². The number of nitrogens with two attached hydrogens (primary N) is 3. The average molecular weight is 640 g/mol. The highest BCUT2D eigenvalue weighted by atomic mass is 19.4. The van der Waals surface area contributed by atoms with Crippen LogP contribution in [0.5, 0.6) is 0 Å². The van der Waals surface area contributed by atoms with Crippen molar-refractivity contribution >= 4 is 29.1 Å². The number of hydrogen-bond acceptors (Lipinski definition) is 10. The Hall–Kier alpha value is -4.81. The lowest BCUT2D eigenvalue weighted by atomic mass is 9.93. The molecule has 45 heavy (non-hydrogen) atoms. The van der Waals surface area contributed by atoms with Gasteiger partial charge in [-0.05, 0) is 45.6 Å². The number of carbonyl (C=O) groups excluding carboxylic acids is 2. The molecule has 0 aromatic carbocycles. The van der Waals surface area contributed by atoms with Crippen LogP contribution in [0.1, 0.15) is 65.5 Å². The Labute approximate surface area is 250 Å². The van der Waals surface area contributed by atoms with Crippen molar-refractivity contribution in [2.75, 3.05) is 11.5 Å².